The zero-order chi connectivity index (χ0) is 12.5. The molecule has 3 nitrogen and oxygen atoms in total. The molecule has 1 aliphatic carbocycles. The molecule has 18 heavy (non-hydrogen) atoms. The SMILES string of the molecule is CC1(C)CCN(C(=O)C2CCCC(N)C2)CC1.Cl. The maximum absolute atomic E-state index is 12.4. The van der Waals surface area contributed by atoms with Crippen molar-refractivity contribution in [2.45, 2.75) is 58.4 Å². The van der Waals surface area contributed by atoms with Gasteiger partial charge >= 0.3 is 0 Å². The van der Waals surface area contributed by atoms with Gasteiger partial charge < -0.3 is 10.6 Å². The van der Waals surface area contributed by atoms with Crippen molar-refractivity contribution in [2.75, 3.05) is 13.1 Å². The standard InChI is InChI=1S/C14H26N2O.ClH/c1-14(2)6-8-16(9-7-14)13(17)11-4-3-5-12(15)10-11;/h11-12H,3-10,15H2,1-2H3;1H. The molecular formula is C14H27ClN2O. The molecule has 1 saturated heterocycles. The summed E-state index contributed by atoms with van der Waals surface area (Å²) >= 11 is 0. The van der Waals surface area contributed by atoms with Crippen LogP contribution in [0.25, 0.3) is 0 Å². The third kappa shape index (κ3) is 3.86. The minimum atomic E-state index is 0. The molecular weight excluding hydrogens is 248 g/mol. The average Bonchev–Trinajstić information content (AvgIpc) is 2.28. The molecule has 1 saturated carbocycles. The highest BCUT2D eigenvalue weighted by molar-refractivity contribution is 5.85. The van der Waals surface area contributed by atoms with E-state index in [0.717, 1.165) is 51.6 Å². The lowest BCUT2D eigenvalue weighted by Gasteiger charge is -2.39. The van der Waals surface area contributed by atoms with E-state index in [0.29, 0.717) is 11.3 Å². The minimum absolute atomic E-state index is 0. The number of nitrogens with zero attached hydrogens (tertiary/aromatic N) is 1. The van der Waals surface area contributed by atoms with Gasteiger partial charge in [-0.1, -0.05) is 20.3 Å². The van der Waals surface area contributed by atoms with E-state index in [-0.39, 0.29) is 24.4 Å². The minimum Gasteiger partial charge on any atom is -0.342 e. The van der Waals surface area contributed by atoms with Gasteiger partial charge in [-0.05, 0) is 37.5 Å². The molecule has 0 aromatic carbocycles. The number of nitrogens with two attached hydrogens (primary N) is 1. The summed E-state index contributed by atoms with van der Waals surface area (Å²) < 4.78 is 0. The van der Waals surface area contributed by atoms with Crippen molar-refractivity contribution in [3.63, 3.8) is 0 Å². The number of hydrogen-bond acceptors (Lipinski definition) is 2. The second-order valence-corrected chi connectivity index (χ2v) is 6.61. The zero-order valence-electron chi connectivity index (χ0n) is 11.7. The quantitative estimate of drug-likeness (QED) is 0.799. The molecule has 4 heteroatoms. The Labute approximate surface area is 117 Å². The van der Waals surface area contributed by atoms with Crippen molar-refractivity contribution >= 4 is 18.3 Å². The van der Waals surface area contributed by atoms with Gasteiger partial charge in [0.25, 0.3) is 0 Å². The summed E-state index contributed by atoms with van der Waals surface area (Å²) in [6, 6.07) is 0.249. The largest absolute Gasteiger partial charge is 0.342 e. The number of amides is 1. The maximum Gasteiger partial charge on any atom is 0.225 e. The third-order valence-corrected chi connectivity index (χ3v) is 4.49. The van der Waals surface area contributed by atoms with Crippen molar-refractivity contribution in [3.05, 3.63) is 0 Å². The molecule has 1 amide bonds. The third-order valence-electron chi connectivity index (χ3n) is 4.49. The van der Waals surface area contributed by atoms with E-state index >= 15 is 0 Å². The van der Waals surface area contributed by atoms with Crippen LogP contribution in [-0.2, 0) is 4.79 Å². The Hall–Kier alpha value is -0.280. The molecule has 2 fully saturated rings. The number of hydrogen-bond donors (Lipinski definition) is 1. The fraction of sp³-hybridized carbons (Fsp3) is 0.929. The molecule has 2 N–H and O–H groups in total. The second kappa shape index (κ2) is 6.25. The number of halogens is 1. The Kier molecular flexibility index (Phi) is 5.47. The first-order chi connectivity index (χ1) is 7.98. The van der Waals surface area contributed by atoms with Crippen molar-refractivity contribution in [3.8, 4) is 0 Å². The Morgan fingerprint density at radius 3 is 2.39 bits per heavy atom. The monoisotopic (exact) mass is 274 g/mol. The molecule has 0 radical (unpaired) electrons. The summed E-state index contributed by atoms with van der Waals surface area (Å²) in [5, 5.41) is 0. The van der Waals surface area contributed by atoms with Crippen LogP contribution in [0.15, 0.2) is 0 Å². The van der Waals surface area contributed by atoms with Gasteiger partial charge in [0, 0.05) is 25.0 Å². The Morgan fingerprint density at radius 2 is 1.83 bits per heavy atom. The first kappa shape index (κ1) is 15.8. The lowest BCUT2D eigenvalue weighted by atomic mass is 9.81. The summed E-state index contributed by atoms with van der Waals surface area (Å²) in [6.07, 6.45) is 6.44. The Bertz CT molecular complexity index is 284. The van der Waals surface area contributed by atoms with Gasteiger partial charge in [-0.15, -0.1) is 12.4 Å². The molecule has 0 spiro atoms. The molecule has 0 bridgehead atoms. The Morgan fingerprint density at radius 1 is 1.22 bits per heavy atom. The van der Waals surface area contributed by atoms with Gasteiger partial charge in [0.15, 0.2) is 0 Å². The molecule has 2 unspecified atom stereocenters. The highest BCUT2D eigenvalue weighted by Crippen LogP contribution is 2.32. The second-order valence-electron chi connectivity index (χ2n) is 6.61. The lowest BCUT2D eigenvalue weighted by molar-refractivity contribution is -0.138. The smallest absolute Gasteiger partial charge is 0.225 e. The molecule has 0 aromatic rings. The van der Waals surface area contributed by atoms with Crippen molar-refractivity contribution < 1.29 is 4.79 Å². The number of carbonyl (C=O) groups excluding carboxylic acids is 1. The van der Waals surface area contributed by atoms with E-state index in [9.17, 15) is 4.79 Å². The van der Waals surface area contributed by atoms with E-state index in [1.807, 2.05) is 0 Å². The molecule has 1 aliphatic heterocycles. The van der Waals surface area contributed by atoms with Crippen LogP contribution in [0.5, 0.6) is 0 Å². The van der Waals surface area contributed by atoms with Gasteiger partial charge in [0.2, 0.25) is 5.91 Å². The van der Waals surface area contributed by atoms with Gasteiger partial charge in [-0.25, -0.2) is 0 Å². The normalized spacial score (nSPS) is 31.6. The van der Waals surface area contributed by atoms with Gasteiger partial charge in [0.05, 0.1) is 0 Å². The fourth-order valence-corrected chi connectivity index (χ4v) is 3.04. The van der Waals surface area contributed by atoms with Crippen LogP contribution in [-0.4, -0.2) is 29.9 Å². The predicted molar refractivity (Wildman–Crippen MR) is 76.8 cm³/mol. The fourth-order valence-electron chi connectivity index (χ4n) is 3.04. The molecule has 106 valence electrons. The number of rotatable bonds is 1. The summed E-state index contributed by atoms with van der Waals surface area (Å²) in [5.74, 6) is 0.579. The number of likely N-dealkylation sites (tertiary alicyclic amines) is 1. The summed E-state index contributed by atoms with van der Waals surface area (Å²) in [4.78, 5) is 14.5. The van der Waals surface area contributed by atoms with E-state index in [2.05, 4.69) is 18.7 Å². The van der Waals surface area contributed by atoms with Crippen LogP contribution in [0.3, 0.4) is 0 Å². The first-order valence-electron chi connectivity index (χ1n) is 7.02. The topological polar surface area (TPSA) is 46.3 Å². The average molecular weight is 275 g/mol. The van der Waals surface area contributed by atoms with Gasteiger partial charge in [0.1, 0.15) is 0 Å². The molecule has 2 atom stereocenters. The van der Waals surface area contributed by atoms with E-state index < -0.39 is 0 Å². The van der Waals surface area contributed by atoms with Crippen LogP contribution in [0.4, 0.5) is 0 Å². The molecule has 2 aliphatic rings. The molecule has 0 aromatic heterocycles. The van der Waals surface area contributed by atoms with Crippen LogP contribution in [0.2, 0.25) is 0 Å². The van der Waals surface area contributed by atoms with Gasteiger partial charge in [-0.2, -0.15) is 0 Å². The maximum atomic E-state index is 12.4. The van der Waals surface area contributed by atoms with Crippen molar-refractivity contribution in [1.82, 2.24) is 4.90 Å². The van der Waals surface area contributed by atoms with Crippen LogP contribution in [0, 0.1) is 11.3 Å². The lowest BCUT2D eigenvalue weighted by Crippen LogP contribution is -2.45. The predicted octanol–water partition coefficient (Wildman–Crippen LogP) is 2.57. The van der Waals surface area contributed by atoms with Crippen molar-refractivity contribution in [2.24, 2.45) is 17.1 Å². The van der Waals surface area contributed by atoms with E-state index in [1.165, 1.54) is 0 Å². The summed E-state index contributed by atoms with van der Waals surface area (Å²) in [6.45, 7) is 6.48. The van der Waals surface area contributed by atoms with Gasteiger partial charge in [-0.3, -0.25) is 4.79 Å². The summed E-state index contributed by atoms with van der Waals surface area (Å²) in [5.41, 5.74) is 6.38. The van der Waals surface area contributed by atoms with E-state index in [4.69, 9.17) is 5.73 Å². The van der Waals surface area contributed by atoms with Crippen LogP contribution < -0.4 is 5.73 Å². The number of carbonyl (C=O) groups is 1. The van der Waals surface area contributed by atoms with E-state index in [1.54, 1.807) is 0 Å². The highest BCUT2D eigenvalue weighted by Gasteiger charge is 2.33. The molecule has 1 heterocycles. The van der Waals surface area contributed by atoms with Crippen LogP contribution in [0.1, 0.15) is 52.4 Å². The number of piperidine rings is 1. The first-order valence-corrected chi connectivity index (χ1v) is 7.02. The molecule has 2 rings (SSSR count). The Balaban J connectivity index is 0.00000162. The summed E-state index contributed by atoms with van der Waals surface area (Å²) in [7, 11) is 0. The van der Waals surface area contributed by atoms with Crippen molar-refractivity contribution in [1.29, 1.82) is 0 Å². The zero-order valence-corrected chi connectivity index (χ0v) is 12.5. The highest BCUT2D eigenvalue weighted by atomic mass is 35.5. The van der Waals surface area contributed by atoms with Crippen LogP contribution >= 0.6 is 12.4 Å².